The fourth-order valence-corrected chi connectivity index (χ4v) is 1.40. The first-order valence-electron chi connectivity index (χ1n) is 5.02. The number of benzene rings is 1. The van der Waals surface area contributed by atoms with Crippen molar-refractivity contribution in [3.8, 4) is 0 Å². The summed E-state index contributed by atoms with van der Waals surface area (Å²) in [6, 6.07) is 6.09. The van der Waals surface area contributed by atoms with Gasteiger partial charge in [-0.25, -0.2) is 0 Å². The summed E-state index contributed by atoms with van der Waals surface area (Å²) in [5.74, 6) is 0. The lowest BCUT2D eigenvalue weighted by Gasteiger charge is -2.17. The van der Waals surface area contributed by atoms with Gasteiger partial charge < -0.3 is 10.5 Å². The maximum atomic E-state index is 5.83. The smallest absolute Gasteiger partial charge is 0.0801 e. The average Bonchev–Trinajstić information content (AvgIpc) is 2.08. The van der Waals surface area contributed by atoms with Crippen molar-refractivity contribution in [2.75, 3.05) is 5.73 Å². The highest BCUT2D eigenvalue weighted by Crippen LogP contribution is 2.22. The maximum absolute atomic E-state index is 5.83. The molecule has 2 N–H and O–H groups in total. The van der Waals surface area contributed by atoms with Gasteiger partial charge in [-0.3, -0.25) is 0 Å². The van der Waals surface area contributed by atoms with Gasteiger partial charge in [0.1, 0.15) is 0 Å². The third-order valence-electron chi connectivity index (χ3n) is 2.25. The zero-order valence-corrected chi connectivity index (χ0v) is 9.37. The number of nitrogen functional groups attached to an aromatic ring is 1. The van der Waals surface area contributed by atoms with E-state index in [9.17, 15) is 0 Å². The lowest BCUT2D eigenvalue weighted by atomic mass is 10.1. The van der Waals surface area contributed by atoms with Gasteiger partial charge in [0.2, 0.25) is 0 Å². The Bertz CT molecular complexity index is 307. The number of hydrogen-bond acceptors (Lipinski definition) is 2. The van der Waals surface area contributed by atoms with E-state index in [0.29, 0.717) is 0 Å². The second-order valence-electron chi connectivity index (χ2n) is 3.94. The standard InChI is InChI=1S/C12H19NO/c1-8(2)14-10(4)11-6-5-9(3)12(13)7-11/h5-8,10H,13H2,1-4H3/t10-/m1/s1. The number of rotatable bonds is 3. The molecule has 0 aliphatic carbocycles. The summed E-state index contributed by atoms with van der Waals surface area (Å²) in [4.78, 5) is 0. The first kappa shape index (κ1) is 11.1. The van der Waals surface area contributed by atoms with Gasteiger partial charge in [-0.1, -0.05) is 12.1 Å². The van der Waals surface area contributed by atoms with Crippen LogP contribution in [0.2, 0.25) is 0 Å². The van der Waals surface area contributed by atoms with Crippen molar-refractivity contribution in [2.45, 2.75) is 39.9 Å². The Morgan fingerprint density at radius 2 is 1.86 bits per heavy atom. The molecule has 0 saturated heterocycles. The SMILES string of the molecule is Cc1ccc([C@@H](C)OC(C)C)cc1N. The van der Waals surface area contributed by atoms with Crippen molar-refractivity contribution in [1.82, 2.24) is 0 Å². The molecule has 1 aromatic carbocycles. The molecule has 0 radical (unpaired) electrons. The molecular weight excluding hydrogens is 174 g/mol. The van der Waals surface area contributed by atoms with Crippen LogP contribution in [0.5, 0.6) is 0 Å². The van der Waals surface area contributed by atoms with Crippen LogP contribution >= 0.6 is 0 Å². The molecule has 0 aromatic heterocycles. The van der Waals surface area contributed by atoms with Crippen LogP contribution in [0.25, 0.3) is 0 Å². The van der Waals surface area contributed by atoms with Crippen molar-refractivity contribution >= 4 is 5.69 Å². The molecule has 0 heterocycles. The predicted octanol–water partition coefficient (Wildman–Crippen LogP) is 3.06. The van der Waals surface area contributed by atoms with Gasteiger partial charge in [-0.15, -0.1) is 0 Å². The minimum absolute atomic E-state index is 0.109. The molecule has 1 aromatic rings. The van der Waals surface area contributed by atoms with Crippen LogP contribution < -0.4 is 5.73 Å². The molecule has 0 saturated carbocycles. The Balaban J connectivity index is 2.80. The van der Waals surface area contributed by atoms with Gasteiger partial charge in [-0.05, 0) is 44.9 Å². The summed E-state index contributed by atoms with van der Waals surface area (Å²) in [5.41, 5.74) is 8.93. The van der Waals surface area contributed by atoms with Crippen LogP contribution in [-0.2, 0) is 4.74 Å². The van der Waals surface area contributed by atoms with E-state index in [4.69, 9.17) is 10.5 Å². The summed E-state index contributed by atoms with van der Waals surface area (Å²) < 4.78 is 5.68. The van der Waals surface area contributed by atoms with Crippen molar-refractivity contribution in [3.63, 3.8) is 0 Å². The minimum Gasteiger partial charge on any atom is -0.399 e. The molecule has 0 bridgehead atoms. The van der Waals surface area contributed by atoms with E-state index < -0.39 is 0 Å². The summed E-state index contributed by atoms with van der Waals surface area (Å²) >= 11 is 0. The Morgan fingerprint density at radius 3 is 2.36 bits per heavy atom. The molecule has 2 heteroatoms. The van der Waals surface area contributed by atoms with E-state index in [1.54, 1.807) is 0 Å². The van der Waals surface area contributed by atoms with Crippen LogP contribution in [0.4, 0.5) is 5.69 Å². The van der Waals surface area contributed by atoms with Crippen molar-refractivity contribution in [3.05, 3.63) is 29.3 Å². The van der Waals surface area contributed by atoms with E-state index in [2.05, 4.69) is 6.07 Å². The zero-order valence-electron chi connectivity index (χ0n) is 9.37. The monoisotopic (exact) mass is 193 g/mol. The fourth-order valence-electron chi connectivity index (χ4n) is 1.40. The maximum Gasteiger partial charge on any atom is 0.0801 e. The topological polar surface area (TPSA) is 35.2 Å². The van der Waals surface area contributed by atoms with Gasteiger partial charge in [0.05, 0.1) is 12.2 Å². The van der Waals surface area contributed by atoms with Gasteiger partial charge in [0, 0.05) is 5.69 Å². The van der Waals surface area contributed by atoms with Gasteiger partial charge in [-0.2, -0.15) is 0 Å². The van der Waals surface area contributed by atoms with E-state index in [0.717, 1.165) is 16.8 Å². The van der Waals surface area contributed by atoms with Gasteiger partial charge in [0.25, 0.3) is 0 Å². The summed E-state index contributed by atoms with van der Waals surface area (Å²) in [7, 11) is 0. The van der Waals surface area contributed by atoms with Crippen molar-refractivity contribution in [1.29, 1.82) is 0 Å². The molecule has 0 amide bonds. The molecule has 2 nitrogen and oxygen atoms in total. The number of hydrogen-bond donors (Lipinski definition) is 1. The summed E-state index contributed by atoms with van der Waals surface area (Å²) in [6.07, 6.45) is 0.352. The van der Waals surface area contributed by atoms with Gasteiger partial charge in [0.15, 0.2) is 0 Å². The highest BCUT2D eigenvalue weighted by molar-refractivity contribution is 5.48. The van der Waals surface area contributed by atoms with Crippen LogP contribution in [0.15, 0.2) is 18.2 Å². The van der Waals surface area contributed by atoms with Crippen molar-refractivity contribution < 1.29 is 4.74 Å². The van der Waals surface area contributed by atoms with E-state index in [1.807, 2.05) is 39.8 Å². The molecule has 1 rings (SSSR count). The minimum atomic E-state index is 0.109. The summed E-state index contributed by atoms with van der Waals surface area (Å²) in [6.45, 7) is 8.12. The number of nitrogens with two attached hydrogens (primary N) is 1. The predicted molar refractivity (Wildman–Crippen MR) is 60.2 cm³/mol. The second kappa shape index (κ2) is 4.47. The van der Waals surface area contributed by atoms with E-state index >= 15 is 0 Å². The molecule has 1 atom stereocenters. The van der Waals surface area contributed by atoms with Crippen LogP contribution in [0.3, 0.4) is 0 Å². The highest BCUT2D eigenvalue weighted by Gasteiger charge is 2.08. The lowest BCUT2D eigenvalue weighted by molar-refractivity contribution is 0.0179. The average molecular weight is 193 g/mol. The molecule has 14 heavy (non-hydrogen) atoms. The number of aryl methyl sites for hydroxylation is 1. The Kier molecular flexibility index (Phi) is 3.53. The quantitative estimate of drug-likeness (QED) is 0.749. The lowest BCUT2D eigenvalue weighted by Crippen LogP contribution is -2.07. The Morgan fingerprint density at radius 1 is 1.21 bits per heavy atom. The first-order valence-corrected chi connectivity index (χ1v) is 5.02. The molecule has 78 valence electrons. The Labute approximate surface area is 86.1 Å². The highest BCUT2D eigenvalue weighted by atomic mass is 16.5. The third-order valence-corrected chi connectivity index (χ3v) is 2.25. The molecule has 0 aliphatic heterocycles. The first-order chi connectivity index (χ1) is 6.50. The fraction of sp³-hybridized carbons (Fsp3) is 0.500. The third kappa shape index (κ3) is 2.74. The number of anilines is 1. The largest absolute Gasteiger partial charge is 0.399 e. The Hall–Kier alpha value is -1.02. The summed E-state index contributed by atoms with van der Waals surface area (Å²) in [5, 5.41) is 0. The van der Waals surface area contributed by atoms with E-state index in [-0.39, 0.29) is 12.2 Å². The number of ether oxygens (including phenoxy) is 1. The zero-order chi connectivity index (χ0) is 10.7. The van der Waals surface area contributed by atoms with Crippen LogP contribution in [-0.4, -0.2) is 6.10 Å². The molecule has 0 unspecified atom stereocenters. The molecule has 0 aliphatic rings. The van der Waals surface area contributed by atoms with Gasteiger partial charge >= 0.3 is 0 Å². The van der Waals surface area contributed by atoms with E-state index in [1.165, 1.54) is 0 Å². The second-order valence-corrected chi connectivity index (χ2v) is 3.94. The van der Waals surface area contributed by atoms with Crippen LogP contribution in [0, 0.1) is 6.92 Å². The molecular formula is C12H19NO. The van der Waals surface area contributed by atoms with Crippen LogP contribution in [0.1, 0.15) is 38.0 Å². The molecule has 0 fully saturated rings. The normalized spacial score (nSPS) is 13.2. The molecule has 0 spiro atoms. The van der Waals surface area contributed by atoms with Crippen molar-refractivity contribution in [2.24, 2.45) is 0 Å².